The molecule has 1 aromatic heterocycles. The first kappa shape index (κ1) is 13.2. The Bertz CT molecular complexity index is 664. The molecule has 1 amide bonds. The highest BCUT2D eigenvalue weighted by molar-refractivity contribution is 7.89. The second-order valence-corrected chi connectivity index (χ2v) is 5.43. The van der Waals surface area contributed by atoms with Crippen LogP contribution in [0.4, 0.5) is 5.69 Å². The van der Waals surface area contributed by atoms with Gasteiger partial charge in [-0.25, -0.2) is 13.1 Å². The predicted octanol–water partition coefficient (Wildman–Crippen LogP) is -0.0349. The van der Waals surface area contributed by atoms with Crippen molar-refractivity contribution in [3.63, 3.8) is 0 Å². The summed E-state index contributed by atoms with van der Waals surface area (Å²) in [5.41, 5.74) is 0.606. The zero-order valence-corrected chi connectivity index (χ0v) is 10.7. The number of rotatable bonds is 4. The number of sulfonamides is 1. The van der Waals surface area contributed by atoms with Gasteiger partial charge in [0.1, 0.15) is 0 Å². The van der Waals surface area contributed by atoms with Crippen LogP contribution in [0.3, 0.4) is 0 Å². The number of amides is 1. The van der Waals surface area contributed by atoms with Gasteiger partial charge in [0.15, 0.2) is 5.69 Å². The van der Waals surface area contributed by atoms with E-state index in [1.807, 2.05) is 0 Å². The molecule has 0 fully saturated rings. The molecule has 0 saturated heterocycles. The number of carbonyl (C=O) groups is 1. The Balaban J connectivity index is 2.14. The fourth-order valence-electron chi connectivity index (χ4n) is 1.34. The van der Waals surface area contributed by atoms with Crippen LogP contribution < -0.4 is 10.0 Å². The molecule has 1 heterocycles. The number of aromatic nitrogens is 3. The summed E-state index contributed by atoms with van der Waals surface area (Å²) in [7, 11) is -2.15. The Morgan fingerprint density at radius 3 is 2.47 bits per heavy atom. The zero-order valence-electron chi connectivity index (χ0n) is 9.91. The summed E-state index contributed by atoms with van der Waals surface area (Å²) in [6, 6.07) is 5.76. The smallest absolute Gasteiger partial charge is 0.277 e. The van der Waals surface area contributed by atoms with Crippen molar-refractivity contribution in [3.8, 4) is 0 Å². The van der Waals surface area contributed by atoms with Gasteiger partial charge in [-0.1, -0.05) is 0 Å². The lowest BCUT2D eigenvalue weighted by atomic mass is 10.3. The fourth-order valence-corrected chi connectivity index (χ4v) is 2.07. The predicted molar refractivity (Wildman–Crippen MR) is 67.0 cm³/mol. The average molecular weight is 281 g/mol. The number of hydrogen-bond acceptors (Lipinski definition) is 5. The Labute approximate surface area is 109 Å². The number of nitrogens with one attached hydrogen (secondary N) is 3. The molecule has 2 aromatic rings. The molecule has 19 heavy (non-hydrogen) atoms. The SMILES string of the molecule is CNS(=O)(=O)c1ccc(NC(=O)c2cn[nH]n2)cc1. The third-order valence-corrected chi connectivity index (χ3v) is 3.77. The monoisotopic (exact) mass is 281 g/mol. The van der Waals surface area contributed by atoms with Crippen LogP contribution in [0, 0.1) is 0 Å². The molecular formula is C10H11N5O3S. The molecule has 0 saturated carbocycles. The van der Waals surface area contributed by atoms with E-state index < -0.39 is 15.9 Å². The van der Waals surface area contributed by atoms with Crippen LogP contribution >= 0.6 is 0 Å². The van der Waals surface area contributed by atoms with E-state index >= 15 is 0 Å². The van der Waals surface area contributed by atoms with Crippen molar-refractivity contribution in [3.05, 3.63) is 36.2 Å². The molecule has 0 radical (unpaired) electrons. The largest absolute Gasteiger partial charge is 0.321 e. The minimum absolute atomic E-state index is 0.120. The minimum Gasteiger partial charge on any atom is -0.321 e. The van der Waals surface area contributed by atoms with Crippen LogP contribution in [0.1, 0.15) is 10.5 Å². The standard InChI is InChI=1S/C10H11N5O3S/c1-11-19(17,18)8-4-2-7(3-5-8)13-10(16)9-6-12-15-14-9/h2-6,11H,1H3,(H,13,16)(H,12,14,15). The lowest BCUT2D eigenvalue weighted by Gasteiger charge is -2.05. The van der Waals surface area contributed by atoms with Crippen molar-refractivity contribution in [2.75, 3.05) is 12.4 Å². The minimum atomic E-state index is -3.48. The highest BCUT2D eigenvalue weighted by atomic mass is 32.2. The summed E-state index contributed by atoms with van der Waals surface area (Å²) in [4.78, 5) is 11.8. The van der Waals surface area contributed by atoms with Crippen molar-refractivity contribution < 1.29 is 13.2 Å². The maximum atomic E-state index is 11.6. The Morgan fingerprint density at radius 1 is 1.26 bits per heavy atom. The van der Waals surface area contributed by atoms with Gasteiger partial charge in [-0.05, 0) is 31.3 Å². The number of hydrogen-bond donors (Lipinski definition) is 3. The third-order valence-electron chi connectivity index (χ3n) is 2.34. The number of H-pyrrole nitrogens is 1. The number of nitrogens with zero attached hydrogens (tertiary/aromatic N) is 2. The molecule has 0 unspecified atom stereocenters. The first-order valence-corrected chi connectivity index (χ1v) is 6.72. The molecule has 100 valence electrons. The third kappa shape index (κ3) is 2.95. The van der Waals surface area contributed by atoms with E-state index in [2.05, 4.69) is 25.4 Å². The van der Waals surface area contributed by atoms with E-state index in [-0.39, 0.29) is 10.6 Å². The Morgan fingerprint density at radius 2 is 1.95 bits per heavy atom. The van der Waals surface area contributed by atoms with Gasteiger partial charge < -0.3 is 5.32 Å². The Kier molecular flexibility index (Phi) is 3.58. The van der Waals surface area contributed by atoms with Crippen molar-refractivity contribution in [1.82, 2.24) is 20.1 Å². The fraction of sp³-hybridized carbons (Fsp3) is 0.100. The summed E-state index contributed by atoms with van der Waals surface area (Å²) in [5, 5.41) is 12.0. The topological polar surface area (TPSA) is 117 Å². The molecule has 9 heteroatoms. The number of carbonyl (C=O) groups excluding carboxylic acids is 1. The van der Waals surface area contributed by atoms with E-state index in [9.17, 15) is 13.2 Å². The van der Waals surface area contributed by atoms with Gasteiger partial charge in [0.05, 0.1) is 11.1 Å². The molecule has 2 rings (SSSR count). The van der Waals surface area contributed by atoms with E-state index in [0.29, 0.717) is 5.69 Å². The van der Waals surface area contributed by atoms with E-state index in [1.165, 1.54) is 37.5 Å². The lowest BCUT2D eigenvalue weighted by molar-refractivity contribution is 0.102. The van der Waals surface area contributed by atoms with Crippen molar-refractivity contribution in [2.24, 2.45) is 0 Å². The first-order chi connectivity index (χ1) is 9.03. The van der Waals surface area contributed by atoms with E-state index in [1.54, 1.807) is 0 Å². The summed E-state index contributed by atoms with van der Waals surface area (Å²) >= 11 is 0. The van der Waals surface area contributed by atoms with E-state index in [4.69, 9.17) is 0 Å². The van der Waals surface area contributed by atoms with Gasteiger partial charge in [-0.3, -0.25) is 4.79 Å². The quantitative estimate of drug-likeness (QED) is 0.727. The second-order valence-electron chi connectivity index (χ2n) is 3.54. The molecule has 0 aliphatic heterocycles. The van der Waals surface area contributed by atoms with Crippen molar-refractivity contribution in [1.29, 1.82) is 0 Å². The van der Waals surface area contributed by atoms with Gasteiger partial charge >= 0.3 is 0 Å². The maximum absolute atomic E-state index is 11.6. The van der Waals surface area contributed by atoms with Gasteiger partial charge in [0.25, 0.3) is 5.91 Å². The Hall–Kier alpha value is -2.26. The molecular weight excluding hydrogens is 270 g/mol. The highest BCUT2D eigenvalue weighted by Crippen LogP contribution is 2.14. The van der Waals surface area contributed by atoms with Crippen LogP contribution in [0.25, 0.3) is 0 Å². The van der Waals surface area contributed by atoms with E-state index in [0.717, 1.165) is 0 Å². The molecule has 0 atom stereocenters. The molecule has 0 aliphatic carbocycles. The van der Waals surface area contributed by atoms with Gasteiger partial charge in [0, 0.05) is 5.69 Å². The van der Waals surface area contributed by atoms with Crippen molar-refractivity contribution in [2.45, 2.75) is 4.90 Å². The molecule has 3 N–H and O–H groups in total. The van der Waals surface area contributed by atoms with Gasteiger partial charge in [-0.2, -0.15) is 15.4 Å². The zero-order chi connectivity index (χ0) is 13.9. The molecule has 8 nitrogen and oxygen atoms in total. The molecule has 0 aliphatic rings. The van der Waals surface area contributed by atoms with Gasteiger partial charge in [-0.15, -0.1) is 0 Å². The highest BCUT2D eigenvalue weighted by Gasteiger charge is 2.12. The summed E-state index contributed by atoms with van der Waals surface area (Å²) in [6.45, 7) is 0. The first-order valence-electron chi connectivity index (χ1n) is 5.23. The average Bonchev–Trinajstić information content (AvgIpc) is 2.93. The lowest BCUT2D eigenvalue weighted by Crippen LogP contribution is -2.18. The number of anilines is 1. The van der Waals surface area contributed by atoms with Crippen LogP contribution in [0.15, 0.2) is 35.4 Å². The molecule has 1 aromatic carbocycles. The summed E-state index contributed by atoms with van der Waals surface area (Å²) in [6.07, 6.45) is 1.29. The van der Waals surface area contributed by atoms with Crippen LogP contribution in [-0.4, -0.2) is 36.8 Å². The van der Waals surface area contributed by atoms with Crippen LogP contribution in [0.5, 0.6) is 0 Å². The van der Waals surface area contributed by atoms with Crippen molar-refractivity contribution >= 4 is 21.6 Å². The summed E-state index contributed by atoms with van der Waals surface area (Å²) < 4.78 is 25.2. The molecule has 0 spiro atoms. The van der Waals surface area contributed by atoms with Crippen LogP contribution in [0.2, 0.25) is 0 Å². The normalized spacial score (nSPS) is 11.2. The molecule has 0 bridgehead atoms. The van der Waals surface area contributed by atoms with Crippen LogP contribution in [-0.2, 0) is 10.0 Å². The number of benzene rings is 1. The summed E-state index contributed by atoms with van der Waals surface area (Å²) in [5.74, 6) is -0.432. The maximum Gasteiger partial charge on any atom is 0.277 e. The number of aromatic amines is 1. The second kappa shape index (κ2) is 5.16. The van der Waals surface area contributed by atoms with Gasteiger partial charge in [0.2, 0.25) is 10.0 Å².